The molecule has 0 heterocycles. The molecular formula is C17H16FNO7S. The zero-order valence-electron chi connectivity index (χ0n) is 14.6. The largest absolute Gasteiger partial charge is 0.494 e. The first kappa shape index (κ1) is 20.2. The highest BCUT2D eigenvalue weighted by Gasteiger charge is 2.22. The van der Waals surface area contributed by atoms with Gasteiger partial charge in [-0.1, -0.05) is 0 Å². The van der Waals surface area contributed by atoms with Crippen molar-refractivity contribution in [3.05, 3.63) is 53.3 Å². The maximum absolute atomic E-state index is 13.5. The van der Waals surface area contributed by atoms with E-state index < -0.39 is 27.8 Å². The fraction of sp³-hybridized carbons (Fsp3) is 0.176. The lowest BCUT2D eigenvalue weighted by molar-refractivity contribution is 0.0587. The Morgan fingerprint density at radius 3 is 2.22 bits per heavy atom. The number of carbonyl (C=O) groups excluding carboxylic acids is 2. The quantitative estimate of drug-likeness (QED) is 0.745. The van der Waals surface area contributed by atoms with E-state index in [0.717, 1.165) is 38.5 Å². The number of halogens is 1. The second kappa shape index (κ2) is 8.04. The van der Waals surface area contributed by atoms with Crippen LogP contribution in [0.4, 0.5) is 10.1 Å². The summed E-state index contributed by atoms with van der Waals surface area (Å²) in [4.78, 5) is 23.3. The first-order valence-electron chi connectivity index (χ1n) is 7.40. The highest BCUT2D eigenvalue weighted by molar-refractivity contribution is 7.92. The molecule has 0 aliphatic carbocycles. The molecule has 1 N–H and O–H groups in total. The molecule has 0 amide bonds. The summed E-state index contributed by atoms with van der Waals surface area (Å²) in [6.45, 7) is 0. The summed E-state index contributed by atoms with van der Waals surface area (Å²) < 4.78 is 55.0. The van der Waals surface area contributed by atoms with Crippen molar-refractivity contribution >= 4 is 27.6 Å². The second-order valence-corrected chi connectivity index (χ2v) is 6.83. The molecule has 0 bridgehead atoms. The number of methoxy groups -OCH3 is 3. The first-order chi connectivity index (χ1) is 12.7. The van der Waals surface area contributed by atoms with Crippen molar-refractivity contribution in [3.63, 3.8) is 0 Å². The number of rotatable bonds is 6. The minimum absolute atomic E-state index is 0.0135. The number of ether oxygens (including phenoxy) is 3. The van der Waals surface area contributed by atoms with E-state index in [-0.39, 0.29) is 27.5 Å². The molecule has 0 fully saturated rings. The lowest BCUT2D eigenvalue weighted by Crippen LogP contribution is -2.17. The Labute approximate surface area is 154 Å². The summed E-state index contributed by atoms with van der Waals surface area (Å²) in [6, 6.07) is 6.59. The van der Waals surface area contributed by atoms with Crippen LogP contribution in [0.2, 0.25) is 0 Å². The number of hydrogen-bond acceptors (Lipinski definition) is 7. The summed E-state index contributed by atoms with van der Waals surface area (Å²) in [5.41, 5.74) is -0.310. The Morgan fingerprint density at radius 2 is 1.63 bits per heavy atom. The molecule has 0 aliphatic heterocycles. The molecule has 8 nitrogen and oxygen atoms in total. The molecule has 0 saturated heterocycles. The van der Waals surface area contributed by atoms with Gasteiger partial charge in [0.25, 0.3) is 10.0 Å². The van der Waals surface area contributed by atoms with Crippen LogP contribution in [0.15, 0.2) is 41.3 Å². The third-order valence-corrected chi connectivity index (χ3v) is 4.89. The van der Waals surface area contributed by atoms with Crippen molar-refractivity contribution < 1.29 is 36.6 Å². The zero-order valence-corrected chi connectivity index (χ0v) is 15.4. The summed E-state index contributed by atoms with van der Waals surface area (Å²) in [6.07, 6.45) is 0. The fourth-order valence-corrected chi connectivity index (χ4v) is 3.26. The van der Waals surface area contributed by atoms with Gasteiger partial charge in [0.15, 0.2) is 11.6 Å². The Morgan fingerprint density at radius 1 is 0.963 bits per heavy atom. The normalized spacial score (nSPS) is 10.8. The van der Waals surface area contributed by atoms with Gasteiger partial charge in [0.2, 0.25) is 0 Å². The first-order valence-corrected chi connectivity index (χ1v) is 8.89. The average Bonchev–Trinajstić information content (AvgIpc) is 2.66. The average molecular weight is 397 g/mol. The maximum Gasteiger partial charge on any atom is 0.339 e. The van der Waals surface area contributed by atoms with Crippen molar-refractivity contribution in [2.45, 2.75) is 4.90 Å². The standard InChI is InChI=1S/C17H16FNO7S/c1-24-15-9-11(5-7-13(15)18)27(22,23)19-14-8-10(16(20)25-2)4-6-12(14)17(21)26-3/h4-9,19H,1-3H3. The fourth-order valence-electron chi connectivity index (χ4n) is 2.17. The molecule has 2 aromatic carbocycles. The predicted octanol–water partition coefficient (Wildman–Crippen LogP) is 2.21. The smallest absolute Gasteiger partial charge is 0.339 e. The highest BCUT2D eigenvalue weighted by Crippen LogP contribution is 2.26. The number of benzene rings is 2. The zero-order chi connectivity index (χ0) is 20.2. The second-order valence-electron chi connectivity index (χ2n) is 5.15. The summed E-state index contributed by atoms with van der Waals surface area (Å²) in [5.74, 6) is -2.55. The van der Waals surface area contributed by atoms with Crippen molar-refractivity contribution in [1.29, 1.82) is 0 Å². The van der Waals surface area contributed by atoms with Crippen LogP contribution < -0.4 is 9.46 Å². The molecule has 0 saturated carbocycles. The van der Waals surface area contributed by atoms with Gasteiger partial charge in [-0.25, -0.2) is 22.4 Å². The number of anilines is 1. The summed E-state index contributed by atoms with van der Waals surface area (Å²) in [5, 5.41) is 0. The van der Waals surface area contributed by atoms with Crippen LogP contribution in [0, 0.1) is 5.82 Å². The molecule has 0 spiro atoms. The number of hydrogen-bond donors (Lipinski definition) is 1. The molecule has 2 rings (SSSR count). The van der Waals surface area contributed by atoms with E-state index in [2.05, 4.69) is 14.2 Å². The molecule has 10 heteroatoms. The van der Waals surface area contributed by atoms with Crippen LogP contribution in [-0.4, -0.2) is 41.7 Å². The van der Waals surface area contributed by atoms with Gasteiger partial charge >= 0.3 is 11.9 Å². The molecule has 0 atom stereocenters. The van der Waals surface area contributed by atoms with E-state index in [0.29, 0.717) is 0 Å². The Bertz CT molecular complexity index is 989. The number of esters is 2. The monoisotopic (exact) mass is 397 g/mol. The SMILES string of the molecule is COC(=O)c1ccc(C(=O)OC)c(NS(=O)(=O)c2ccc(F)c(OC)c2)c1. The van der Waals surface area contributed by atoms with Gasteiger partial charge in [0, 0.05) is 6.07 Å². The van der Waals surface area contributed by atoms with Gasteiger partial charge in [-0.15, -0.1) is 0 Å². The number of nitrogens with one attached hydrogen (secondary N) is 1. The van der Waals surface area contributed by atoms with Crippen LogP contribution in [0.1, 0.15) is 20.7 Å². The van der Waals surface area contributed by atoms with Crippen LogP contribution in [0.5, 0.6) is 5.75 Å². The van der Waals surface area contributed by atoms with E-state index in [1.165, 1.54) is 19.2 Å². The molecule has 0 aromatic heterocycles. The third-order valence-electron chi connectivity index (χ3n) is 3.52. The van der Waals surface area contributed by atoms with E-state index >= 15 is 0 Å². The lowest BCUT2D eigenvalue weighted by Gasteiger charge is -2.13. The Kier molecular flexibility index (Phi) is 6.01. The van der Waals surface area contributed by atoms with Crippen LogP contribution >= 0.6 is 0 Å². The van der Waals surface area contributed by atoms with Gasteiger partial charge in [0.1, 0.15) is 0 Å². The maximum atomic E-state index is 13.5. The van der Waals surface area contributed by atoms with E-state index in [1.807, 2.05) is 0 Å². The molecule has 0 unspecified atom stereocenters. The van der Waals surface area contributed by atoms with Gasteiger partial charge < -0.3 is 14.2 Å². The summed E-state index contributed by atoms with van der Waals surface area (Å²) in [7, 11) is -0.758. The third kappa shape index (κ3) is 4.34. The topological polar surface area (TPSA) is 108 Å². The minimum atomic E-state index is -4.23. The predicted molar refractivity (Wildman–Crippen MR) is 92.9 cm³/mol. The van der Waals surface area contributed by atoms with Gasteiger partial charge in [-0.05, 0) is 30.3 Å². The minimum Gasteiger partial charge on any atom is -0.494 e. The van der Waals surface area contributed by atoms with E-state index in [9.17, 15) is 22.4 Å². The number of carbonyl (C=O) groups is 2. The molecule has 0 aliphatic rings. The van der Waals surface area contributed by atoms with Crippen molar-refractivity contribution in [1.82, 2.24) is 0 Å². The molecule has 27 heavy (non-hydrogen) atoms. The lowest BCUT2D eigenvalue weighted by atomic mass is 10.1. The molecule has 2 aromatic rings. The van der Waals surface area contributed by atoms with Crippen molar-refractivity contribution in [2.75, 3.05) is 26.1 Å². The molecule has 0 radical (unpaired) electrons. The Hall–Kier alpha value is -3.14. The molecular weight excluding hydrogens is 381 g/mol. The number of sulfonamides is 1. The molecule has 144 valence electrons. The summed E-state index contributed by atoms with van der Waals surface area (Å²) >= 11 is 0. The Balaban J connectivity index is 2.52. The van der Waals surface area contributed by atoms with Gasteiger partial charge in [-0.3, -0.25) is 4.72 Å². The van der Waals surface area contributed by atoms with Crippen molar-refractivity contribution in [3.8, 4) is 5.75 Å². The van der Waals surface area contributed by atoms with Crippen LogP contribution in [0.3, 0.4) is 0 Å². The van der Waals surface area contributed by atoms with Gasteiger partial charge in [0.05, 0.1) is 43.0 Å². The van der Waals surface area contributed by atoms with Crippen LogP contribution in [0.25, 0.3) is 0 Å². The van der Waals surface area contributed by atoms with Crippen LogP contribution in [-0.2, 0) is 19.5 Å². The van der Waals surface area contributed by atoms with E-state index in [1.54, 1.807) is 0 Å². The van der Waals surface area contributed by atoms with Gasteiger partial charge in [-0.2, -0.15) is 0 Å². The van der Waals surface area contributed by atoms with E-state index in [4.69, 9.17) is 4.74 Å². The highest BCUT2D eigenvalue weighted by atomic mass is 32.2. The van der Waals surface area contributed by atoms with Crippen molar-refractivity contribution in [2.24, 2.45) is 0 Å².